The summed E-state index contributed by atoms with van der Waals surface area (Å²) in [5, 5.41) is 3.58. The smallest absolute Gasteiger partial charge is 0.00991 e. The van der Waals surface area contributed by atoms with Crippen molar-refractivity contribution in [3.8, 4) is 0 Å². The fourth-order valence-electron chi connectivity index (χ4n) is 1.66. The van der Waals surface area contributed by atoms with Gasteiger partial charge in [0.15, 0.2) is 0 Å². The lowest BCUT2D eigenvalue weighted by molar-refractivity contribution is 0.461. The lowest BCUT2D eigenvalue weighted by Crippen LogP contribution is -2.29. The molecule has 1 fully saturated rings. The van der Waals surface area contributed by atoms with Crippen LogP contribution in [0.15, 0.2) is 0 Å². The molecular weight excluding hydrogens is 148 g/mol. The number of nitrogens with two attached hydrogens (primary N) is 1. The number of hydrogen-bond donors (Lipinski definition) is 2. The normalized spacial score (nSPS) is 30.2. The standard InChI is InChI=1S/C10H22N2/c1-3-8(6-11)7-12-10-5-9(10)4-2/h8-10,12H,3-7,11H2,1-2H3. The quantitative estimate of drug-likeness (QED) is 0.631. The second-order valence-electron chi connectivity index (χ2n) is 3.93. The molecule has 1 rings (SSSR count). The maximum absolute atomic E-state index is 5.62. The average molecular weight is 170 g/mol. The van der Waals surface area contributed by atoms with Gasteiger partial charge in [0.2, 0.25) is 0 Å². The first-order chi connectivity index (χ1) is 5.81. The zero-order chi connectivity index (χ0) is 8.97. The summed E-state index contributed by atoms with van der Waals surface area (Å²) >= 11 is 0. The summed E-state index contributed by atoms with van der Waals surface area (Å²) in [6.45, 7) is 6.43. The van der Waals surface area contributed by atoms with Crippen LogP contribution in [0.5, 0.6) is 0 Å². The van der Waals surface area contributed by atoms with E-state index in [-0.39, 0.29) is 0 Å². The molecule has 0 aromatic rings. The second kappa shape index (κ2) is 4.83. The van der Waals surface area contributed by atoms with Crippen molar-refractivity contribution < 1.29 is 0 Å². The van der Waals surface area contributed by atoms with Crippen molar-refractivity contribution in [1.29, 1.82) is 0 Å². The van der Waals surface area contributed by atoms with Gasteiger partial charge in [0, 0.05) is 6.04 Å². The molecule has 0 bridgehead atoms. The summed E-state index contributed by atoms with van der Waals surface area (Å²) in [5.74, 6) is 1.64. The minimum Gasteiger partial charge on any atom is -0.330 e. The third kappa shape index (κ3) is 2.76. The van der Waals surface area contributed by atoms with Gasteiger partial charge in [0.05, 0.1) is 0 Å². The van der Waals surface area contributed by atoms with E-state index >= 15 is 0 Å². The lowest BCUT2D eigenvalue weighted by Gasteiger charge is -2.12. The molecule has 72 valence electrons. The van der Waals surface area contributed by atoms with E-state index in [9.17, 15) is 0 Å². The van der Waals surface area contributed by atoms with Crippen molar-refractivity contribution in [2.45, 2.75) is 39.2 Å². The highest BCUT2D eigenvalue weighted by Crippen LogP contribution is 2.33. The van der Waals surface area contributed by atoms with Gasteiger partial charge in [-0.2, -0.15) is 0 Å². The first-order valence-electron chi connectivity index (χ1n) is 5.25. The Balaban J connectivity index is 2.02. The molecule has 3 atom stereocenters. The molecule has 0 aromatic heterocycles. The maximum atomic E-state index is 5.62. The van der Waals surface area contributed by atoms with Gasteiger partial charge in [-0.3, -0.25) is 0 Å². The zero-order valence-electron chi connectivity index (χ0n) is 8.34. The van der Waals surface area contributed by atoms with Crippen LogP contribution in [0, 0.1) is 11.8 Å². The van der Waals surface area contributed by atoms with Crippen LogP contribution < -0.4 is 11.1 Å². The summed E-state index contributed by atoms with van der Waals surface area (Å²) in [6, 6.07) is 0.815. The largest absolute Gasteiger partial charge is 0.330 e. The van der Waals surface area contributed by atoms with Crippen LogP contribution in [0.2, 0.25) is 0 Å². The summed E-state index contributed by atoms with van der Waals surface area (Å²) in [6.07, 6.45) is 3.92. The van der Waals surface area contributed by atoms with E-state index < -0.39 is 0 Å². The molecule has 0 amide bonds. The molecule has 0 radical (unpaired) electrons. The Hall–Kier alpha value is -0.0800. The Bertz CT molecular complexity index is 121. The van der Waals surface area contributed by atoms with E-state index in [1.807, 2.05) is 0 Å². The van der Waals surface area contributed by atoms with Crippen LogP contribution in [-0.4, -0.2) is 19.1 Å². The maximum Gasteiger partial charge on any atom is 0.00991 e. The molecule has 1 aliphatic carbocycles. The van der Waals surface area contributed by atoms with E-state index in [0.717, 1.165) is 25.0 Å². The van der Waals surface area contributed by atoms with Crippen LogP contribution in [-0.2, 0) is 0 Å². The summed E-state index contributed by atoms with van der Waals surface area (Å²) in [4.78, 5) is 0. The first-order valence-corrected chi connectivity index (χ1v) is 5.25. The van der Waals surface area contributed by atoms with Crippen molar-refractivity contribution in [1.82, 2.24) is 5.32 Å². The molecule has 0 aliphatic heterocycles. The molecule has 0 aromatic carbocycles. The Morgan fingerprint density at radius 3 is 2.67 bits per heavy atom. The van der Waals surface area contributed by atoms with Crippen LogP contribution in [0.3, 0.4) is 0 Å². The van der Waals surface area contributed by atoms with Gasteiger partial charge in [0.25, 0.3) is 0 Å². The Kier molecular flexibility index (Phi) is 4.02. The van der Waals surface area contributed by atoms with Crippen LogP contribution in [0.4, 0.5) is 0 Å². The van der Waals surface area contributed by atoms with Gasteiger partial charge in [-0.25, -0.2) is 0 Å². The van der Waals surface area contributed by atoms with Gasteiger partial charge in [-0.15, -0.1) is 0 Å². The molecular formula is C10H22N2. The topological polar surface area (TPSA) is 38.0 Å². The number of rotatable bonds is 6. The van der Waals surface area contributed by atoms with Gasteiger partial charge in [0.1, 0.15) is 0 Å². The van der Waals surface area contributed by atoms with Gasteiger partial charge in [-0.1, -0.05) is 26.7 Å². The molecule has 3 unspecified atom stereocenters. The fraction of sp³-hybridized carbons (Fsp3) is 1.00. The van der Waals surface area contributed by atoms with Crippen molar-refractivity contribution >= 4 is 0 Å². The molecule has 0 heterocycles. The number of hydrogen-bond acceptors (Lipinski definition) is 2. The monoisotopic (exact) mass is 170 g/mol. The van der Waals surface area contributed by atoms with Crippen LogP contribution in [0.25, 0.3) is 0 Å². The molecule has 2 heteroatoms. The van der Waals surface area contributed by atoms with Crippen molar-refractivity contribution in [3.05, 3.63) is 0 Å². The van der Waals surface area contributed by atoms with Crippen molar-refractivity contribution in [2.24, 2.45) is 17.6 Å². The Labute approximate surface area is 75.9 Å². The summed E-state index contributed by atoms with van der Waals surface area (Å²) in [7, 11) is 0. The van der Waals surface area contributed by atoms with E-state index in [4.69, 9.17) is 5.73 Å². The third-order valence-electron chi connectivity index (χ3n) is 3.03. The minimum absolute atomic E-state index is 0.683. The Morgan fingerprint density at radius 2 is 2.25 bits per heavy atom. The van der Waals surface area contributed by atoms with E-state index in [1.165, 1.54) is 19.3 Å². The lowest BCUT2D eigenvalue weighted by atomic mass is 10.1. The predicted octanol–water partition coefficient (Wildman–Crippen LogP) is 1.36. The average Bonchev–Trinajstić information content (AvgIpc) is 2.85. The molecule has 0 spiro atoms. The van der Waals surface area contributed by atoms with Crippen molar-refractivity contribution in [2.75, 3.05) is 13.1 Å². The summed E-state index contributed by atoms with van der Waals surface area (Å²) < 4.78 is 0. The number of nitrogens with one attached hydrogen (secondary N) is 1. The van der Waals surface area contributed by atoms with Crippen molar-refractivity contribution in [3.63, 3.8) is 0 Å². The fourth-order valence-corrected chi connectivity index (χ4v) is 1.66. The highest BCUT2D eigenvalue weighted by molar-refractivity contribution is 4.92. The minimum atomic E-state index is 0.683. The third-order valence-corrected chi connectivity index (χ3v) is 3.03. The highest BCUT2D eigenvalue weighted by atomic mass is 15.0. The molecule has 1 saturated carbocycles. The first kappa shape index (κ1) is 10.0. The second-order valence-corrected chi connectivity index (χ2v) is 3.93. The SMILES string of the molecule is CCC(CN)CNC1CC1CC. The highest BCUT2D eigenvalue weighted by Gasteiger charge is 2.34. The van der Waals surface area contributed by atoms with Crippen LogP contribution >= 0.6 is 0 Å². The molecule has 1 aliphatic rings. The van der Waals surface area contributed by atoms with Crippen LogP contribution in [0.1, 0.15) is 33.1 Å². The zero-order valence-corrected chi connectivity index (χ0v) is 8.34. The Morgan fingerprint density at radius 1 is 1.50 bits per heavy atom. The summed E-state index contributed by atoms with van der Waals surface area (Å²) in [5.41, 5.74) is 5.62. The van der Waals surface area contributed by atoms with Gasteiger partial charge in [-0.05, 0) is 31.3 Å². The predicted molar refractivity (Wildman–Crippen MR) is 53.0 cm³/mol. The molecule has 3 N–H and O–H groups in total. The van der Waals surface area contributed by atoms with E-state index in [2.05, 4.69) is 19.2 Å². The molecule has 12 heavy (non-hydrogen) atoms. The van der Waals surface area contributed by atoms with Gasteiger partial charge >= 0.3 is 0 Å². The van der Waals surface area contributed by atoms with E-state index in [1.54, 1.807) is 0 Å². The molecule has 0 saturated heterocycles. The van der Waals surface area contributed by atoms with Gasteiger partial charge < -0.3 is 11.1 Å². The molecule has 2 nitrogen and oxygen atoms in total. The van der Waals surface area contributed by atoms with E-state index in [0.29, 0.717) is 5.92 Å².